The Bertz CT molecular complexity index is 168. The molecule has 1 unspecified atom stereocenters. The highest BCUT2D eigenvalue weighted by atomic mass is 19.3. The van der Waals surface area contributed by atoms with Crippen LogP contribution in [0, 0.1) is 5.92 Å². The largest absolute Gasteiger partial charge is 0.389 e. The molecule has 0 radical (unpaired) electrons. The van der Waals surface area contributed by atoms with Gasteiger partial charge in [-0.1, -0.05) is 13.8 Å². The second-order valence-electron chi connectivity index (χ2n) is 4.14. The predicted octanol–water partition coefficient (Wildman–Crippen LogP) is 2.58. The first-order chi connectivity index (χ1) is 5.36. The summed E-state index contributed by atoms with van der Waals surface area (Å²) in [4.78, 5) is 0. The summed E-state index contributed by atoms with van der Waals surface area (Å²) in [5, 5.41) is 9.80. The lowest BCUT2D eigenvalue weighted by Crippen LogP contribution is -2.44. The van der Waals surface area contributed by atoms with Crippen molar-refractivity contribution in [3.05, 3.63) is 0 Å². The molecule has 0 amide bonds. The Kier molecular flexibility index (Phi) is 2.43. The molecule has 12 heavy (non-hydrogen) atoms. The number of alkyl halides is 2. The Hall–Kier alpha value is -0.180. The second kappa shape index (κ2) is 2.95. The lowest BCUT2D eigenvalue weighted by molar-refractivity contribution is -0.142. The molecule has 0 saturated heterocycles. The summed E-state index contributed by atoms with van der Waals surface area (Å²) in [7, 11) is 0. The van der Waals surface area contributed by atoms with Gasteiger partial charge in [0.2, 0.25) is 0 Å². The quantitative estimate of drug-likeness (QED) is 0.654. The van der Waals surface area contributed by atoms with Gasteiger partial charge >= 0.3 is 0 Å². The van der Waals surface area contributed by atoms with Gasteiger partial charge in [-0.25, -0.2) is 8.78 Å². The Morgan fingerprint density at radius 1 is 1.25 bits per heavy atom. The molecule has 72 valence electrons. The fourth-order valence-electron chi connectivity index (χ4n) is 1.77. The molecule has 0 bridgehead atoms. The summed E-state index contributed by atoms with van der Waals surface area (Å²) in [6, 6.07) is 0. The van der Waals surface area contributed by atoms with E-state index >= 15 is 0 Å². The first-order valence-electron chi connectivity index (χ1n) is 4.46. The van der Waals surface area contributed by atoms with Crippen molar-refractivity contribution >= 4 is 0 Å². The topological polar surface area (TPSA) is 20.2 Å². The zero-order valence-electron chi connectivity index (χ0n) is 7.61. The molecular weight excluding hydrogens is 162 g/mol. The smallest absolute Gasteiger partial charge is 0.250 e. The van der Waals surface area contributed by atoms with Crippen molar-refractivity contribution in [2.45, 2.75) is 51.1 Å². The van der Waals surface area contributed by atoms with Crippen LogP contribution in [0.2, 0.25) is 0 Å². The monoisotopic (exact) mass is 178 g/mol. The van der Waals surface area contributed by atoms with Gasteiger partial charge in [0.15, 0.2) is 0 Å². The van der Waals surface area contributed by atoms with Gasteiger partial charge in [0.25, 0.3) is 5.92 Å². The summed E-state index contributed by atoms with van der Waals surface area (Å²) in [6.07, 6.45) is 0.516. The average Bonchev–Trinajstić information content (AvgIpc) is 1.83. The Morgan fingerprint density at radius 2 is 1.83 bits per heavy atom. The van der Waals surface area contributed by atoms with Crippen molar-refractivity contribution < 1.29 is 13.9 Å². The molecule has 1 aliphatic rings. The maximum Gasteiger partial charge on any atom is 0.250 e. The molecule has 0 heterocycles. The van der Waals surface area contributed by atoms with Crippen LogP contribution in [-0.2, 0) is 0 Å². The van der Waals surface area contributed by atoms with Crippen molar-refractivity contribution in [2.75, 3.05) is 0 Å². The van der Waals surface area contributed by atoms with Crippen molar-refractivity contribution in [2.24, 2.45) is 5.92 Å². The van der Waals surface area contributed by atoms with Gasteiger partial charge in [-0.2, -0.15) is 0 Å². The summed E-state index contributed by atoms with van der Waals surface area (Å²) < 4.78 is 25.8. The standard InChI is InChI=1S/C9H16F2O/c1-7(2)8(12)4-3-5-9(10,11)6-8/h7,12H,3-6H2,1-2H3. The molecule has 1 rings (SSSR count). The van der Waals surface area contributed by atoms with Gasteiger partial charge in [0.05, 0.1) is 5.60 Å². The van der Waals surface area contributed by atoms with Gasteiger partial charge in [-0.15, -0.1) is 0 Å². The zero-order chi connectivity index (χ0) is 9.41. The molecule has 0 aliphatic heterocycles. The predicted molar refractivity (Wildman–Crippen MR) is 43.2 cm³/mol. The summed E-state index contributed by atoms with van der Waals surface area (Å²) in [5.74, 6) is -2.74. The molecule has 0 aromatic heterocycles. The number of hydrogen-bond donors (Lipinski definition) is 1. The van der Waals surface area contributed by atoms with E-state index < -0.39 is 11.5 Å². The molecule has 1 saturated carbocycles. The first kappa shape index (κ1) is 9.90. The van der Waals surface area contributed by atoms with Gasteiger partial charge in [0.1, 0.15) is 0 Å². The summed E-state index contributed by atoms with van der Waals surface area (Å²) >= 11 is 0. The lowest BCUT2D eigenvalue weighted by atomic mass is 9.75. The van der Waals surface area contributed by atoms with E-state index in [0.717, 1.165) is 0 Å². The molecular formula is C9H16F2O. The highest BCUT2D eigenvalue weighted by Gasteiger charge is 2.46. The van der Waals surface area contributed by atoms with Crippen molar-refractivity contribution in [1.29, 1.82) is 0 Å². The minimum atomic E-state index is -2.66. The highest BCUT2D eigenvalue weighted by Crippen LogP contribution is 2.42. The number of rotatable bonds is 1. The van der Waals surface area contributed by atoms with Crippen LogP contribution < -0.4 is 0 Å². The van der Waals surface area contributed by atoms with E-state index in [0.29, 0.717) is 12.8 Å². The van der Waals surface area contributed by atoms with Gasteiger partial charge in [-0.3, -0.25) is 0 Å². The van der Waals surface area contributed by atoms with Gasteiger partial charge in [-0.05, 0) is 18.8 Å². The molecule has 1 atom stereocenters. The second-order valence-corrected chi connectivity index (χ2v) is 4.14. The molecule has 0 aromatic carbocycles. The van der Waals surface area contributed by atoms with Crippen LogP contribution in [0.3, 0.4) is 0 Å². The average molecular weight is 178 g/mol. The fourth-order valence-corrected chi connectivity index (χ4v) is 1.77. The van der Waals surface area contributed by atoms with Crippen LogP contribution in [0.1, 0.15) is 39.5 Å². The Labute approximate surface area is 71.8 Å². The minimum absolute atomic E-state index is 0.0674. The normalized spacial score (nSPS) is 35.5. The van der Waals surface area contributed by atoms with Crippen molar-refractivity contribution in [3.63, 3.8) is 0 Å². The van der Waals surface area contributed by atoms with Crippen LogP contribution in [-0.4, -0.2) is 16.6 Å². The molecule has 1 N–H and O–H groups in total. The Balaban J connectivity index is 2.68. The van der Waals surface area contributed by atoms with Crippen molar-refractivity contribution in [3.8, 4) is 0 Å². The van der Waals surface area contributed by atoms with Crippen LogP contribution >= 0.6 is 0 Å². The van der Waals surface area contributed by atoms with E-state index in [9.17, 15) is 13.9 Å². The van der Waals surface area contributed by atoms with Crippen LogP contribution in [0.25, 0.3) is 0 Å². The Morgan fingerprint density at radius 3 is 2.17 bits per heavy atom. The minimum Gasteiger partial charge on any atom is -0.389 e. The van der Waals surface area contributed by atoms with E-state index in [1.807, 2.05) is 0 Å². The maximum atomic E-state index is 12.9. The molecule has 3 heteroatoms. The molecule has 1 aliphatic carbocycles. The van der Waals surface area contributed by atoms with Gasteiger partial charge in [0, 0.05) is 12.8 Å². The van der Waals surface area contributed by atoms with Crippen LogP contribution in [0.5, 0.6) is 0 Å². The molecule has 0 aromatic rings. The zero-order valence-corrected chi connectivity index (χ0v) is 7.61. The third-order valence-electron chi connectivity index (χ3n) is 2.79. The summed E-state index contributed by atoms with van der Waals surface area (Å²) in [5.41, 5.74) is -1.14. The van der Waals surface area contributed by atoms with E-state index in [1.165, 1.54) is 0 Å². The maximum absolute atomic E-state index is 12.9. The SMILES string of the molecule is CC(C)C1(O)CCCC(F)(F)C1. The van der Waals surface area contributed by atoms with Crippen LogP contribution in [0.15, 0.2) is 0 Å². The number of aliphatic hydroxyl groups is 1. The van der Waals surface area contributed by atoms with E-state index in [4.69, 9.17) is 0 Å². The lowest BCUT2D eigenvalue weighted by Gasteiger charge is -2.39. The third kappa shape index (κ3) is 1.94. The molecule has 1 nitrogen and oxygen atoms in total. The highest BCUT2D eigenvalue weighted by molar-refractivity contribution is 4.92. The van der Waals surface area contributed by atoms with E-state index in [1.54, 1.807) is 13.8 Å². The van der Waals surface area contributed by atoms with E-state index in [2.05, 4.69) is 0 Å². The van der Waals surface area contributed by atoms with Crippen LogP contribution in [0.4, 0.5) is 8.78 Å². The van der Waals surface area contributed by atoms with Crippen molar-refractivity contribution in [1.82, 2.24) is 0 Å². The van der Waals surface area contributed by atoms with E-state index in [-0.39, 0.29) is 18.8 Å². The fraction of sp³-hybridized carbons (Fsp3) is 1.00. The van der Waals surface area contributed by atoms with Gasteiger partial charge < -0.3 is 5.11 Å². The number of halogens is 2. The number of hydrogen-bond acceptors (Lipinski definition) is 1. The molecule has 1 fully saturated rings. The summed E-state index contributed by atoms with van der Waals surface area (Å²) in [6.45, 7) is 3.59. The third-order valence-corrected chi connectivity index (χ3v) is 2.79. The molecule has 0 spiro atoms. The first-order valence-corrected chi connectivity index (χ1v) is 4.46.